The zero-order chi connectivity index (χ0) is 22.1. The van der Waals surface area contributed by atoms with Crippen LogP contribution in [0.4, 0.5) is 0 Å². The Kier molecular flexibility index (Phi) is 25.2. The molecule has 0 rings (SSSR count). The van der Waals surface area contributed by atoms with Crippen molar-refractivity contribution in [2.24, 2.45) is 5.92 Å². The molecule has 0 aromatic heterocycles. The number of unbranched alkanes of at least 4 members (excludes halogenated alkanes) is 11. The second-order valence-electron chi connectivity index (χ2n) is 8.78. The lowest BCUT2D eigenvalue weighted by Crippen LogP contribution is -2.17. The van der Waals surface area contributed by atoms with Crippen molar-refractivity contribution in [3.05, 3.63) is 0 Å². The van der Waals surface area contributed by atoms with E-state index in [1.807, 2.05) is 0 Å². The summed E-state index contributed by atoms with van der Waals surface area (Å²) in [6, 6.07) is 0. The van der Waals surface area contributed by atoms with Crippen molar-refractivity contribution < 1.29 is 9.53 Å². The molecule has 0 fully saturated rings. The first-order valence-corrected chi connectivity index (χ1v) is 14.1. The highest BCUT2D eigenvalue weighted by molar-refractivity contribution is 8.13. The largest absolute Gasteiger partial charge is 0.385 e. The van der Waals surface area contributed by atoms with Crippen molar-refractivity contribution in [3.8, 4) is 0 Å². The summed E-state index contributed by atoms with van der Waals surface area (Å²) in [4.78, 5) is 12.8. The molecule has 0 heterocycles. The molecule has 0 amide bonds. The smallest absolute Gasteiger partial charge is 0.192 e. The molecule has 0 radical (unpaired) electrons. The van der Waals surface area contributed by atoms with E-state index in [0.717, 1.165) is 44.7 Å². The van der Waals surface area contributed by atoms with Crippen molar-refractivity contribution >= 4 is 16.9 Å². The summed E-state index contributed by atoms with van der Waals surface area (Å²) < 4.78 is 5.05. The van der Waals surface area contributed by atoms with Crippen LogP contribution in [-0.4, -0.2) is 37.7 Å². The van der Waals surface area contributed by atoms with E-state index in [9.17, 15) is 4.79 Å². The SMILES string of the molecule is CCCCCCCCC(CCCCCC)C(=O)SCCCCCCNCCCOC. The van der Waals surface area contributed by atoms with Crippen LogP contribution in [0.3, 0.4) is 0 Å². The molecule has 3 nitrogen and oxygen atoms in total. The predicted octanol–water partition coefficient (Wildman–Crippen LogP) is 7.77. The van der Waals surface area contributed by atoms with Gasteiger partial charge < -0.3 is 10.1 Å². The minimum Gasteiger partial charge on any atom is -0.385 e. The molecule has 0 aliphatic rings. The summed E-state index contributed by atoms with van der Waals surface area (Å²) in [6.07, 6.45) is 21.3. The van der Waals surface area contributed by atoms with Crippen molar-refractivity contribution in [1.82, 2.24) is 5.32 Å². The number of thioether (sulfide) groups is 1. The third-order valence-corrected chi connectivity index (χ3v) is 6.95. The van der Waals surface area contributed by atoms with E-state index in [4.69, 9.17) is 4.74 Å². The van der Waals surface area contributed by atoms with Crippen LogP contribution in [0.25, 0.3) is 0 Å². The molecule has 0 saturated carbocycles. The van der Waals surface area contributed by atoms with E-state index in [2.05, 4.69) is 19.2 Å². The second kappa shape index (κ2) is 25.2. The quantitative estimate of drug-likeness (QED) is 0.155. The lowest BCUT2D eigenvalue weighted by molar-refractivity contribution is -0.114. The fourth-order valence-corrected chi connectivity index (χ4v) is 4.85. The van der Waals surface area contributed by atoms with E-state index in [-0.39, 0.29) is 0 Å². The number of hydrogen-bond acceptors (Lipinski definition) is 4. The standard InChI is InChI=1S/C26H53NO2S/c1-4-6-8-10-11-15-20-25(19-14-9-7-5-2)26(28)30-24-17-13-12-16-21-27-22-18-23-29-3/h25,27H,4-24H2,1-3H3. The summed E-state index contributed by atoms with van der Waals surface area (Å²) in [5.74, 6) is 1.33. The van der Waals surface area contributed by atoms with Crippen LogP contribution < -0.4 is 5.32 Å². The average molecular weight is 444 g/mol. The van der Waals surface area contributed by atoms with Crippen LogP contribution in [-0.2, 0) is 9.53 Å². The molecule has 1 atom stereocenters. The average Bonchev–Trinajstić information content (AvgIpc) is 2.75. The number of hydrogen-bond donors (Lipinski definition) is 1. The summed E-state index contributed by atoms with van der Waals surface area (Å²) in [7, 11) is 1.76. The molecule has 0 aliphatic heterocycles. The normalized spacial score (nSPS) is 12.4. The van der Waals surface area contributed by atoms with Gasteiger partial charge in [0.15, 0.2) is 5.12 Å². The molecule has 0 aliphatic carbocycles. The highest BCUT2D eigenvalue weighted by atomic mass is 32.2. The van der Waals surface area contributed by atoms with Crippen LogP contribution in [0, 0.1) is 5.92 Å². The highest BCUT2D eigenvalue weighted by Crippen LogP contribution is 2.25. The number of rotatable bonds is 24. The van der Waals surface area contributed by atoms with Crippen LogP contribution in [0.1, 0.15) is 123 Å². The van der Waals surface area contributed by atoms with Gasteiger partial charge in [-0.25, -0.2) is 0 Å². The van der Waals surface area contributed by atoms with E-state index in [1.165, 1.54) is 89.9 Å². The molecule has 1 N–H and O–H groups in total. The van der Waals surface area contributed by atoms with Gasteiger partial charge in [0.1, 0.15) is 0 Å². The van der Waals surface area contributed by atoms with E-state index in [1.54, 1.807) is 18.9 Å². The van der Waals surface area contributed by atoms with Crippen LogP contribution in [0.2, 0.25) is 0 Å². The first-order chi connectivity index (χ1) is 14.8. The van der Waals surface area contributed by atoms with Crippen molar-refractivity contribution in [2.75, 3.05) is 32.6 Å². The molecule has 4 heteroatoms. The predicted molar refractivity (Wildman–Crippen MR) is 136 cm³/mol. The maximum atomic E-state index is 12.8. The Morgan fingerprint density at radius 1 is 0.733 bits per heavy atom. The van der Waals surface area contributed by atoms with Crippen LogP contribution in [0.5, 0.6) is 0 Å². The van der Waals surface area contributed by atoms with Gasteiger partial charge in [-0.05, 0) is 45.2 Å². The van der Waals surface area contributed by atoms with Gasteiger partial charge in [-0.2, -0.15) is 0 Å². The summed E-state index contributed by atoms with van der Waals surface area (Å²) in [5, 5.41) is 3.95. The molecule has 30 heavy (non-hydrogen) atoms. The molecular formula is C26H53NO2S. The first-order valence-electron chi connectivity index (χ1n) is 13.1. The molecule has 0 aromatic carbocycles. The number of carbonyl (C=O) groups is 1. The van der Waals surface area contributed by atoms with Gasteiger partial charge in [-0.3, -0.25) is 4.79 Å². The molecule has 0 spiro atoms. The van der Waals surface area contributed by atoms with E-state index < -0.39 is 0 Å². The minimum atomic E-state index is 0.314. The van der Waals surface area contributed by atoms with Crippen molar-refractivity contribution in [1.29, 1.82) is 0 Å². The van der Waals surface area contributed by atoms with E-state index in [0.29, 0.717) is 11.0 Å². The lowest BCUT2D eigenvalue weighted by Gasteiger charge is -2.15. The fourth-order valence-electron chi connectivity index (χ4n) is 3.83. The zero-order valence-electron chi connectivity index (χ0n) is 20.7. The maximum absolute atomic E-state index is 12.8. The number of methoxy groups -OCH3 is 1. The summed E-state index contributed by atoms with van der Waals surface area (Å²) in [6.45, 7) is 7.52. The van der Waals surface area contributed by atoms with Gasteiger partial charge in [0.25, 0.3) is 0 Å². The Balaban J connectivity index is 3.84. The summed E-state index contributed by atoms with van der Waals surface area (Å²) in [5.41, 5.74) is 0. The second-order valence-corrected chi connectivity index (χ2v) is 9.88. The highest BCUT2D eigenvalue weighted by Gasteiger charge is 2.18. The Hall–Kier alpha value is -0.0600. The van der Waals surface area contributed by atoms with Gasteiger partial charge in [-0.15, -0.1) is 0 Å². The summed E-state index contributed by atoms with van der Waals surface area (Å²) >= 11 is 1.63. The van der Waals surface area contributed by atoms with Gasteiger partial charge in [-0.1, -0.05) is 103 Å². The number of ether oxygens (including phenoxy) is 1. The molecule has 180 valence electrons. The molecule has 0 saturated heterocycles. The Bertz CT molecular complexity index is 352. The van der Waals surface area contributed by atoms with Gasteiger partial charge >= 0.3 is 0 Å². The zero-order valence-corrected chi connectivity index (χ0v) is 21.5. The van der Waals surface area contributed by atoms with Crippen molar-refractivity contribution in [3.63, 3.8) is 0 Å². The van der Waals surface area contributed by atoms with Crippen LogP contribution >= 0.6 is 11.8 Å². The third kappa shape index (κ3) is 21.2. The van der Waals surface area contributed by atoms with Gasteiger partial charge in [0.2, 0.25) is 0 Å². The van der Waals surface area contributed by atoms with Gasteiger partial charge in [0.05, 0.1) is 0 Å². The van der Waals surface area contributed by atoms with Gasteiger partial charge in [0, 0.05) is 25.4 Å². The molecule has 1 unspecified atom stereocenters. The lowest BCUT2D eigenvalue weighted by atomic mass is 9.95. The molecule has 0 bridgehead atoms. The Morgan fingerprint density at radius 3 is 1.93 bits per heavy atom. The Morgan fingerprint density at radius 2 is 1.27 bits per heavy atom. The third-order valence-electron chi connectivity index (χ3n) is 5.84. The number of carbonyl (C=O) groups excluding carboxylic acids is 1. The molecule has 0 aromatic rings. The minimum absolute atomic E-state index is 0.314. The number of nitrogens with one attached hydrogen (secondary N) is 1. The van der Waals surface area contributed by atoms with E-state index >= 15 is 0 Å². The topological polar surface area (TPSA) is 38.3 Å². The monoisotopic (exact) mass is 443 g/mol. The first kappa shape index (κ1) is 29.9. The Labute approximate surface area is 193 Å². The fraction of sp³-hybridized carbons (Fsp3) is 0.962. The molecular weight excluding hydrogens is 390 g/mol. The van der Waals surface area contributed by atoms with Crippen molar-refractivity contribution in [2.45, 2.75) is 123 Å². The van der Waals surface area contributed by atoms with Crippen LogP contribution in [0.15, 0.2) is 0 Å². The maximum Gasteiger partial charge on any atom is 0.192 e.